The number of benzene rings is 1. The van der Waals surface area contributed by atoms with Crippen LogP contribution in [0.2, 0.25) is 10.0 Å². The van der Waals surface area contributed by atoms with Gasteiger partial charge in [-0.25, -0.2) is 5.43 Å². The van der Waals surface area contributed by atoms with Gasteiger partial charge in [0, 0.05) is 12.4 Å². The maximum absolute atomic E-state index is 11.0. The average molecular weight is 395 g/mol. The molecular formula is C10H9Cl2N2NaO7S. The largest absolute Gasteiger partial charge is 1.00 e. The minimum atomic E-state index is -4.58. The molecule has 0 heterocycles. The number of nitrogens with one attached hydrogen (secondary N) is 2. The van der Waals surface area contributed by atoms with E-state index in [4.69, 9.17) is 32.9 Å². The molecule has 1 unspecified atom stereocenters. The first-order chi connectivity index (χ1) is 10.0. The molecule has 0 radical (unpaired) electrons. The van der Waals surface area contributed by atoms with Gasteiger partial charge in [0.05, 0.1) is 15.7 Å². The van der Waals surface area contributed by atoms with Crippen LogP contribution in [-0.2, 0) is 19.7 Å². The van der Waals surface area contributed by atoms with E-state index in [0.717, 1.165) is 12.1 Å². The Morgan fingerprint density at radius 3 is 2.26 bits per heavy atom. The minimum absolute atomic E-state index is 0. The van der Waals surface area contributed by atoms with Gasteiger partial charge in [-0.2, -0.15) is 8.42 Å². The number of aliphatic carboxylic acids is 2. The van der Waals surface area contributed by atoms with Gasteiger partial charge in [0.2, 0.25) is 0 Å². The van der Waals surface area contributed by atoms with Crippen LogP contribution in [-0.4, -0.2) is 36.1 Å². The number of carboxylic acids is 2. The monoisotopic (exact) mass is 394 g/mol. The first kappa shape index (κ1) is 22.4. The van der Waals surface area contributed by atoms with Crippen LogP contribution in [0.4, 0.5) is 5.69 Å². The van der Waals surface area contributed by atoms with E-state index in [1.165, 1.54) is 0 Å². The second kappa shape index (κ2) is 9.04. The smallest absolute Gasteiger partial charge is 0.550 e. The molecule has 9 nitrogen and oxygen atoms in total. The zero-order valence-corrected chi connectivity index (χ0v) is 15.9. The molecule has 0 saturated heterocycles. The van der Waals surface area contributed by atoms with E-state index in [2.05, 4.69) is 10.9 Å². The van der Waals surface area contributed by atoms with E-state index < -0.39 is 39.4 Å². The second-order valence-electron chi connectivity index (χ2n) is 3.97. The fraction of sp³-hybridized carbons (Fsp3) is 0.200. The van der Waals surface area contributed by atoms with Crippen molar-refractivity contribution in [1.82, 2.24) is 5.43 Å². The molecule has 0 aliphatic heterocycles. The molecule has 0 fully saturated rings. The van der Waals surface area contributed by atoms with E-state index in [1.807, 2.05) is 0 Å². The first-order valence-corrected chi connectivity index (χ1v) is 7.62. The average Bonchev–Trinajstić information content (AvgIpc) is 2.35. The van der Waals surface area contributed by atoms with Crippen molar-refractivity contribution in [3.63, 3.8) is 0 Å². The molecule has 1 aromatic carbocycles. The molecule has 0 spiro atoms. The van der Waals surface area contributed by atoms with Gasteiger partial charge in [0.1, 0.15) is 10.9 Å². The molecule has 122 valence electrons. The van der Waals surface area contributed by atoms with E-state index in [-0.39, 0.29) is 45.3 Å². The van der Waals surface area contributed by atoms with Crippen LogP contribution in [0.3, 0.4) is 0 Å². The number of hydrazine groups is 1. The summed E-state index contributed by atoms with van der Waals surface area (Å²) >= 11 is 11.4. The Morgan fingerprint density at radius 1 is 1.26 bits per heavy atom. The van der Waals surface area contributed by atoms with Gasteiger partial charge in [0.25, 0.3) is 10.1 Å². The Hall–Kier alpha value is -0.590. The van der Waals surface area contributed by atoms with Crippen LogP contribution in [0.25, 0.3) is 0 Å². The molecule has 0 aromatic heterocycles. The Morgan fingerprint density at radius 2 is 1.83 bits per heavy atom. The van der Waals surface area contributed by atoms with Gasteiger partial charge < -0.3 is 20.4 Å². The Balaban J connectivity index is 0.00000484. The Labute approximate surface area is 163 Å². The molecule has 0 aliphatic carbocycles. The summed E-state index contributed by atoms with van der Waals surface area (Å²) in [5, 5.41) is 18.6. The third-order valence-corrected chi connectivity index (χ3v) is 3.98. The van der Waals surface area contributed by atoms with Gasteiger partial charge in [-0.05, 0) is 12.1 Å². The van der Waals surface area contributed by atoms with Crippen molar-refractivity contribution in [2.24, 2.45) is 0 Å². The zero-order chi connectivity index (χ0) is 17.1. The van der Waals surface area contributed by atoms with Crippen molar-refractivity contribution in [3.05, 3.63) is 22.2 Å². The first-order valence-electron chi connectivity index (χ1n) is 5.43. The van der Waals surface area contributed by atoms with Crippen molar-refractivity contribution in [2.75, 3.05) is 5.43 Å². The van der Waals surface area contributed by atoms with Crippen LogP contribution in [0, 0.1) is 0 Å². The molecule has 1 rings (SSSR count). The number of carbonyl (C=O) groups excluding carboxylic acids is 1. The molecule has 4 N–H and O–H groups in total. The molecule has 1 aromatic rings. The van der Waals surface area contributed by atoms with Crippen molar-refractivity contribution in [2.45, 2.75) is 17.4 Å². The molecule has 1 atom stereocenters. The molecule has 0 saturated carbocycles. The maximum Gasteiger partial charge on any atom is 1.00 e. The second-order valence-corrected chi connectivity index (χ2v) is 6.18. The van der Waals surface area contributed by atoms with Crippen molar-refractivity contribution >= 4 is 50.9 Å². The molecule has 0 aliphatic rings. The van der Waals surface area contributed by atoms with Crippen LogP contribution in [0.5, 0.6) is 0 Å². The molecule has 0 bridgehead atoms. The van der Waals surface area contributed by atoms with E-state index in [1.54, 1.807) is 0 Å². The molecular weight excluding hydrogens is 386 g/mol. The predicted octanol–water partition coefficient (Wildman–Crippen LogP) is -3.25. The van der Waals surface area contributed by atoms with E-state index in [9.17, 15) is 23.1 Å². The van der Waals surface area contributed by atoms with Crippen LogP contribution in [0.15, 0.2) is 17.0 Å². The van der Waals surface area contributed by atoms with Gasteiger partial charge in [-0.3, -0.25) is 9.35 Å². The summed E-state index contributed by atoms with van der Waals surface area (Å²) in [6, 6.07) is 0.330. The quantitative estimate of drug-likeness (QED) is 0.212. The summed E-state index contributed by atoms with van der Waals surface area (Å²) < 4.78 is 31.0. The van der Waals surface area contributed by atoms with Crippen molar-refractivity contribution in [3.8, 4) is 0 Å². The number of anilines is 1. The summed E-state index contributed by atoms with van der Waals surface area (Å²) in [5.41, 5.74) is 4.45. The standard InChI is InChI=1S/C10H10Cl2N2O7S.Na/c11-4-2-8(22(19,20)21)5(12)1-6(4)13-14-7(10(17)18)3-9(15)16;/h1-2,7,13-14H,3H2,(H,15,16)(H,17,18)(H,19,20,21);/q;+1/p-1. The van der Waals surface area contributed by atoms with Crippen LogP contribution in [0.1, 0.15) is 6.42 Å². The van der Waals surface area contributed by atoms with E-state index in [0.29, 0.717) is 0 Å². The summed E-state index contributed by atoms with van der Waals surface area (Å²) in [6.07, 6.45) is -0.823. The number of rotatable bonds is 7. The number of hydrogen-bond donors (Lipinski definition) is 4. The van der Waals surface area contributed by atoms with Crippen LogP contribution >= 0.6 is 23.2 Å². The molecule has 23 heavy (non-hydrogen) atoms. The van der Waals surface area contributed by atoms with E-state index >= 15 is 0 Å². The van der Waals surface area contributed by atoms with Gasteiger partial charge in [-0.15, -0.1) is 0 Å². The minimum Gasteiger partial charge on any atom is -0.550 e. The summed E-state index contributed by atoms with van der Waals surface area (Å²) in [4.78, 5) is 20.6. The fourth-order valence-electron chi connectivity index (χ4n) is 1.35. The third kappa shape index (κ3) is 6.81. The van der Waals surface area contributed by atoms with Crippen LogP contribution < -0.4 is 45.5 Å². The van der Waals surface area contributed by atoms with Crippen molar-refractivity contribution in [1.29, 1.82) is 0 Å². The summed E-state index contributed by atoms with van der Waals surface area (Å²) in [6.45, 7) is 0. The van der Waals surface area contributed by atoms with Gasteiger partial charge in [0.15, 0.2) is 0 Å². The van der Waals surface area contributed by atoms with Gasteiger partial charge >= 0.3 is 35.5 Å². The topological polar surface area (TPSA) is 156 Å². The molecule has 13 heteroatoms. The maximum atomic E-state index is 11.0. The summed E-state index contributed by atoms with van der Waals surface area (Å²) in [7, 11) is -4.58. The fourth-order valence-corrected chi connectivity index (χ4v) is 2.66. The molecule has 0 amide bonds. The number of carboxylic acid groups (broad SMARTS) is 2. The number of halogens is 2. The van der Waals surface area contributed by atoms with Gasteiger partial charge in [-0.1, -0.05) is 23.2 Å². The zero-order valence-electron chi connectivity index (χ0n) is 11.5. The Kier molecular flexibility index (Phi) is 8.81. The predicted molar refractivity (Wildman–Crippen MR) is 74.1 cm³/mol. The third-order valence-electron chi connectivity index (χ3n) is 2.35. The normalized spacial score (nSPS) is 12.1. The SMILES string of the molecule is O=C([O-])CC(NNc1cc(Cl)c(S(=O)(=O)O)cc1Cl)C(=O)O.[Na+]. The van der Waals surface area contributed by atoms with Crippen molar-refractivity contribution < 1.29 is 62.3 Å². The number of carbonyl (C=O) groups is 2. The summed E-state index contributed by atoms with van der Waals surface area (Å²) in [5.74, 6) is -3.05. The Bertz CT molecular complexity index is 713. The number of hydrogen-bond acceptors (Lipinski definition) is 7.